The Morgan fingerprint density at radius 2 is 1.65 bits per heavy atom. The van der Waals surface area contributed by atoms with E-state index in [0.29, 0.717) is 0 Å². The molecule has 2 aromatic carbocycles. The van der Waals surface area contributed by atoms with Crippen molar-refractivity contribution in [3.05, 3.63) is 63.7 Å². The molecule has 0 unspecified atom stereocenters. The average Bonchev–Trinajstić information content (AvgIpc) is 2.76. The monoisotopic (exact) mass is 262 g/mol. The van der Waals surface area contributed by atoms with Crippen LogP contribution in [0.15, 0.2) is 35.9 Å². The van der Waals surface area contributed by atoms with Gasteiger partial charge in [0.05, 0.1) is 0 Å². The molecular formula is C20H22. The number of fused-ring (bicyclic) bond motifs is 1. The lowest BCUT2D eigenvalue weighted by molar-refractivity contribution is 1.12. The van der Waals surface area contributed by atoms with Gasteiger partial charge in [-0.3, -0.25) is 0 Å². The van der Waals surface area contributed by atoms with Gasteiger partial charge in [0.15, 0.2) is 0 Å². The molecule has 102 valence electrons. The summed E-state index contributed by atoms with van der Waals surface area (Å²) >= 11 is 0. The first-order valence-corrected chi connectivity index (χ1v) is 7.49. The third-order valence-electron chi connectivity index (χ3n) is 4.17. The van der Waals surface area contributed by atoms with E-state index in [-0.39, 0.29) is 0 Å². The van der Waals surface area contributed by atoms with Crippen LogP contribution in [0.5, 0.6) is 0 Å². The average molecular weight is 262 g/mol. The molecule has 20 heavy (non-hydrogen) atoms. The molecule has 1 aliphatic rings. The first-order chi connectivity index (χ1) is 9.58. The van der Waals surface area contributed by atoms with Crippen molar-refractivity contribution in [1.29, 1.82) is 0 Å². The van der Waals surface area contributed by atoms with Crippen LogP contribution in [0.4, 0.5) is 0 Å². The normalized spacial score (nSPS) is 13.3. The number of hydrogen-bond donors (Lipinski definition) is 0. The van der Waals surface area contributed by atoms with Gasteiger partial charge in [-0.25, -0.2) is 0 Å². The summed E-state index contributed by atoms with van der Waals surface area (Å²) in [4.78, 5) is 0. The van der Waals surface area contributed by atoms with Gasteiger partial charge in [-0.1, -0.05) is 60.0 Å². The van der Waals surface area contributed by atoms with E-state index >= 15 is 0 Å². The van der Waals surface area contributed by atoms with Crippen molar-refractivity contribution in [2.24, 2.45) is 0 Å². The van der Waals surface area contributed by atoms with Crippen molar-refractivity contribution in [2.75, 3.05) is 0 Å². The molecule has 0 nitrogen and oxygen atoms in total. The minimum absolute atomic E-state index is 1.09. The zero-order valence-electron chi connectivity index (χ0n) is 12.9. The first kappa shape index (κ1) is 13.2. The van der Waals surface area contributed by atoms with Gasteiger partial charge in [-0.15, -0.1) is 0 Å². The van der Waals surface area contributed by atoms with Crippen molar-refractivity contribution in [1.82, 2.24) is 0 Å². The number of allylic oxidation sites excluding steroid dienone is 1. The van der Waals surface area contributed by atoms with Crippen molar-refractivity contribution < 1.29 is 0 Å². The maximum atomic E-state index is 2.38. The Labute approximate surface area is 122 Å². The predicted molar refractivity (Wildman–Crippen MR) is 88.1 cm³/mol. The van der Waals surface area contributed by atoms with E-state index < -0.39 is 0 Å². The highest BCUT2D eigenvalue weighted by atomic mass is 14.2. The maximum Gasteiger partial charge on any atom is -0.00604 e. The van der Waals surface area contributed by atoms with Crippen LogP contribution in [-0.2, 0) is 12.8 Å². The smallest absolute Gasteiger partial charge is 0.00604 e. The highest BCUT2D eigenvalue weighted by Gasteiger charge is 2.17. The quantitative estimate of drug-likeness (QED) is 0.671. The zero-order valence-corrected chi connectivity index (χ0v) is 12.9. The van der Waals surface area contributed by atoms with Crippen LogP contribution in [0.25, 0.3) is 17.2 Å². The molecule has 0 spiro atoms. The Kier molecular flexibility index (Phi) is 3.25. The molecular weight excluding hydrogens is 240 g/mol. The molecule has 0 fully saturated rings. The second-order valence-electron chi connectivity index (χ2n) is 6.07. The molecule has 0 saturated heterocycles. The Bertz CT molecular complexity index is 682. The minimum Gasteiger partial charge on any atom is -0.0683 e. The number of aryl methyl sites for hydroxylation is 3. The predicted octanol–water partition coefficient (Wildman–Crippen LogP) is 5.49. The number of benzene rings is 2. The SMILES string of the molecule is CCc1ccc2c(c1-c1cc(C)cc(C)c1)C=C(C)C2. The fourth-order valence-electron chi connectivity index (χ4n) is 3.38. The summed E-state index contributed by atoms with van der Waals surface area (Å²) in [5.41, 5.74) is 11.4. The highest BCUT2D eigenvalue weighted by molar-refractivity contribution is 5.83. The van der Waals surface area contributed by atoms with Gasteiger partial charge < -0.3 is 0 Å². The molecule has 0 amide bonds. The molecule has 0 heterocycles. The lowest BCUT2D eigenvalue weighted by Gasteiger charge is -2.15. The maximum absolute atomic E-state index is 2.38. The molecule has 0 atom stereocenters. The molecule has 3 rings (SSSR count). The van der Waals surface area contributed by atoms with Gasteiger partial charge in [0.2, 0.25) is 0 Å². The lowest BCUT2D eigenvalue weighted by atomic mass is 9.89. The number of rotatable bonds is 2. The summed E-state index contributed by atoms with van der Waals surface area (Å²) in [7, 11) is 0. The van der Waals surface area contributed by atoms with Crippen LogP contribution in [0, 0.1) is 13.8 Å². The molecule has 0 N–H and O–H groups in total. The van der Waals surface area contributed by atoms with E-state index in [1.54, 1.807) is 0 Å². The zero-order chi connectivity index (χ0) is 14.3. The second-order valence-corrected chi connectivity index (χ2v) is 6.07. The van der Waals surface area contributed by atoms with E-state index in [0.717, 1.165) is 12.8 Å². The molecule has 0 heteroatoms. The second kappa shape index (κ2) is 4.94. The van der Waals surface area contributed by atoms with E-state index in [2.05, 4.69) is 64.1 Å². The molecule has 1 aliphatic carbocycles. The first-order valence-electron chi connectivity index (χ1n) is 7.49. The van der Waals surface area contributed by atoms with Gasteiger partial charge in [-0.2, -0.15) is 0 Å². The molecule has 0 bridgehead atoms. The van der Waals surface area contributed by atoms with Gasteiger partial charge >= 0.3 is 0 Å². The van der Waals surface area contributed by atoms with Gasteiger partial charge in [0.25, 0.3) is 0 Å². The fraction of sp³-hybridized carbons (Fsp3) is 0.300. The Morgan fingerprint density at radius 3 is 2.30 bits per heavy atom. The van der Waals surface area contributed by atoms with E-state index in [9.17, 15) is 0 Å². The molecule has 0 aliphatic heterocycles. The Morgan fingerprint density at radius 1 is 0.950 bits per heavy atom. The van der Waals surface area contributed by atoms with Crippen LogP contribution in [0.2, 0.25) is 0 Å². The fourth-order valence-corrected chi connectivity index (χ4v) is 3.38. The van der Waals surface area contributed by atoms with Gasteiger partial charge in [-0.05, 0) is 61.4 Å². The molecule has 2 aromatic rings. The van der Waals surface area contributed by atoms with E-state index in [1.807, 2.05) is 0 Å². The standard InChI is InChI=1S/C20H22/c1-5-16-6-7-17-9-15(4)12-19(17)20(16)18-10-13(2)8-14(3)11-18/h6-8,10-12H,5,9H2,1-4H3. The topological polar surface area (TPSA) is 0 Å². The summed E-state index contributed by atoms with van der Waals surface area (Å²) in [6, 6.07) is 11.5. The largest absolute Gasteiger partial charge is 0.0683 e. The van der Waals surface area contributed by atoms with Crippen LogP contribution in [-0.4, -0.2) is 0 Å². The minimum atomic E-state index is 1.09. The van der Waals surface area contributed by atoms with Gasteiger partial charge in [0, 0.05) is 0 Å². The Hall–Kier alpha value is -1.82. The Balaban J connectivity index is 2.29. The van der Waals surface area contributed by atoms with Crippen LogP contribution in [0.1, 0.15) is 41.7 Å². The summed E-state index contributed by atoms with van der Waals surface area (Å²) in [6.07, 6.45) is 4.57. The van der Waals surface area contributed by atoms with Crippen LogP contribution in [0.3, 0.4) is 0 Å². The van der Waals surface area contributed by atoms with E-state index in [1.165, 1.54) is 44.5 Å². The molecule has 0 aromatic heterocycles. The third kappa shape index (κ3) is 2.20. The third-order valence-corrected chi connectivity index (χ3v) is 4.17. The summed E-state index contributed by atoms with van der Waals surface area (Å²) in [5.74, 6) is 0. The summed E-state index contributed by atoms with van der Waals surface area (Å²) in [6.45, 7) is 8.86. The van der Waals surface area contributed by atoms with Crippen molar-refractivity contribution in [3.63, 3.8) is 0 Å². The van der Waals surface area contributed by atoms with Crippen molar-refractivity contribution in [3.8, 4) is 11.1 Å². The van der Waals surface area contributed by atoms with Crippen LogP contribution < -0.4 is 0 Å². The molecule has 0 saturated carbocycles. The van der Waals surface area contributed by atoms with Gasteiger partial charge in [0.1, 0.15) is 0 Å². The number of hydrogen-bond acceptors (Lipinski definition) is 0. The molecule has 0 radical (unpaired) electrons. The van der Waals surface area contributed by atoms with Crippen molar-refractivity contribution >= 4 is 6.08 Å². The summed E-state index contributed by atoms with van der Waals surface area (Å²) in [5, 5.41) is 0. The van der Waals surface area contributed by atoms with Crippen molar-refractivity contribution in [2.45, 2.75) is 40.5 Å². The lowest BCUT2D eigenvalue weighted by Crippen LogP contribution is -1.95. The highest BCUT2D eigenvalue weighted by Crippen LogP contribution is 2.37. The van der Waals surface area contributed by atoms with Crippen LogP contribution >= 0.6 is 0 Å². The summed E-state index contributed by atoms with van der Waals surface area (Å²) < 4.78 is 0. The van der Waals surface area contributed by atoms with E-state index in [4.69, 9.17) is 0 Å².